The number of rotatable bonds is 8. The minimum Gasteiger partial charge on any atom is -0.389 e. The largest absolute Gasteiger partial charge is 0.389 e. The van der Waals surface area contributed by atoms with E-state index in [-0.39, 0.29) is 12.1 Å². The summed E-state index contributed by atoms with van der Waals surface area (Å²) in [5, 5.41) is 17.3. The van der Waals surface area contributed by atoms with Crippen molar-refractivity contribution in [1.29, 1.82) is 0 Å². The van der Waals surface area contributed by atoms with Gasteiger partial charge in [0.2, 0.25) is 0 Å². The predicted octanol–water partition coefficient (Wildman–Crippen LogP) is 1.70. The van der Waals surface area contributed by atoms with Crippen molar-refractivity contribution in [3.8, 4) is 5.69 Å². The summed E-state index contributed by atoms with van der Waals surface area (Å²) >= 11 is 0. The van der Waals surface area contributed by atoms with Crippen LogP contribution in [-0.4, -0.2) is 45.2 Å². The van der Waals surface area contributed by atoms with Crippen molar-refractivity contribution < 1.29 is 9.84 Å². The molecule has 0 aliphatic heterocycles. The first-order valence-corrected chi connectivity index (χ1v) is 7.54. The van der Waals surface area contributed by atoms with Crippen LogP contribution in [0.2, 0.25) is 0 Å². The maximum Gasteiger partial charge on any atom is 0.138 e. The van der Waals surface area contributed by atoms with Crippen molar-refractivity contribution in [2.24, 2.45) is 0 Å². The lowest BCUT2D eigenvalue weighted by Gasteiger charge is -2.18. The number of benzene rings is 1. The third-order valence-electron chi connectivity index (χ3n) is 3.36. The second kappa shape index (κ2) is 8.03. The van der Waals surface area contributed by atoms with Gasteiger partial charge in [-0.25, -0.2) is 9.67 Å². The molecule has 1 aromatic carbocycles. The topological polar surface area (TPSA) is 72.2 Å². The zero-order valence-electron chi connectivity index (χ0n) is 13.3. The Kier molecular flexibility index (Phi) is 6.06. The summed E-state index contributed by atoms with van der Waals surface area (Å²) in [7, 11) is 0. The molecule has 0 aliphatic carbocycles. The Balaban J connectivity index is 1.83. The maximum atomic E-state index is 9.86. The van der Waals surface area contributed by atoms with Crippen LogP contribution in [0.15, 0.2) is 36.9 Å². The number of hydrogen-bond donors (Lipinski definition) is 2. The molecule has 0 radical (unpaired) electrons. The Morgan fingerprint density at radius 3 is 2.55 bits per heavy atom. The van der Waals surface area contributed by atoms with Gasteiger partial charge in [-0.3, -0.25) is 0 Å². The summed E-state index contributed by atoms with van der Waals surface area (Å²) in [5.74, 6) is 0. The Bertz CT molecular complexity index is 540. The van der Waals surface area contributed by atoms with Crippen molar-refractivity contribution >= 4 is 0 Å². The third-order valence-corrected chi connectivity index (χ3v) is 3.36. The first kappa shape index (κ1) is 16.6. The molecule has 0 amide bonds. The quantitative estimate of drug-likeness (QED) is 0.777. The van der Waals surface area contributed by atoms with E-state index in [1.807, 2.05) is 38.1 Å². The average Bonchev–Trinajstić information content (AvgIpc) is 3.05. The monoisotopic (exact) mass is 304 g/mol. The van der Waals surface area contributed by atoms with Crippen LogP contribution in [0.25, 0.3) is 5.69 Å². The van der Waals surface area contributed by atoms with E-state index < -0.39 is 6.10 Å². The first-order valence-electron chi connectivity index (χ1n) is 7.54. The van der Waals surface area contributed by atoms with Gasteiger partial charge in [-0.05, 0) is 38.5 Å². The second-order valence-electron chi connectivity index (χ2n) is 5.60. The minimum atomic E-state index is -0.501. The summed E-state index contributed by atoms with van der Waals surface area (Å²) in [6.45, 7) is 6.83. The van der Waals surface area contributed by atoms with E-state index in [4.69, 9.17) is 4.74 Å². The fourth-order valence-corrected chi connectivity index (χ4v) is 2.05. The van der Waals surface area contributed by atoms with Gasteiger partial charge in [-0.15, -0.1) is 0 Å². The minimum absolute atomic E-state index is 0.136. The fraction of sp³-hybridized carbons (Fsp3) is 0.500. The van der Waals surface area contributed by atoms with E-state index >= 15 is 0 Å². The Labute approximate surface area is 131 Å². The van der Waals surface area contributed by atoms with Gasteiger partial charge in [0.1, 0.15) is 12.7 Å². The van der Waals surface area contributed by atoms with Gasteiger partial charge in [0.15, 0.2) is 0 Å². The highest BCUT2D eigenvalue weighted by Crippen LogP contribution is 2.15. The summed E-state index contributed by atoms with van der Waals surface area (Å²) in [4.78, 5) is 3.93. The first-order chi connectivity index (χ1) is 10.6. The van der Waals surface area contributed by atoms with E-state index in [9.17, 15) is 5.11 Å². The Morgan fingerprint density at radius 1 is 1.23 bits per heavy atom. The average molecular weight is 304 g/mol. The highest BCUT2D eigenvalue weighted by atomic mass is 16.5. The summed E-state index contributed by atoms with van der Waals surface area (Å²) in [6.07, 6.45) is 2.82. The van der Waals surface area contributed by atoms with Crippen LogP contribution in [-0.2, 0) is 4.74 Å². The van der Waals surface area contributed by atoms with Gasteiger partial charge in [0.05, 0.1) is 24.5 Å². The summed E-state index contributed by atoms with van der Waals surface area (Å²) in [5.41, 5.74) is 2.12. The molecule has 0 fully saturated rings. The molecule has 120 valence electrons. The van der Waals surface area contributed by atoms with Crippen LogP contribution < -0.4 is 5.32 Å². The van der Waals surface area contributed by atoms with Crippen molar-refractivity contribution in [3.63, 3.8) is 0 Å². The zero-order valence-corrected chi connectivity index (χ0v) is 13.3. The van der Waals surface area contributed by atoms with Crippen LogP contribution in [0.1, 0.15) is 32.4 Å². The van der Waals surface area contributed by atoms with Gasteiger partial charge in [-0.1, -0.05) is 12.1 Å². The maximum absolute atomic E-state index is 9.86. The molecule has 2 N–H and O–H groups in total. The van der Waals surface area contributed by atoms with E-state index in [1.165, 1.54) is 6.33 Å². The SMILES string of the molecule is CC(C)OCC(O)CNC(C)c1ccc(-n2cncn2)cc1. The molecular formula is C16H24N4O2. The Hall–Kier alpha value is -1.76. The van der Waals surface area contributed by atoms with Crippen LogP contribution in [0, 0.1) is 0 Å². The van der Waals surface area contributed by atoms with Gasteiger partial charge < -0.3 is 15.2 Å². The second-order valence-corrected chi connectivity index (χ2v) is 5.60. The number of aliphatic hydroxyl groups excluding tert-OH is 1. The van der Waals surface area contributed by atoms with Crippen molar-refractivity contribution in [1.82, 2.24) is 20.1 Å². The lowest BCUT2D eigenvalue weighted by atomic mass is 10.1. The van der Waals surface area contributed by atoms with Gasteiger partial charge in [0.25, 0.3) is 0 Å². The molecule has 2 rings (SSSR count). The smallest absolute Gasteiger partial charge is 0.138 e. The van der Waals surface area contributed by atoms with Crippen molar-refractivity contribution in [3.05, 3.63) is 42.5 Å². The van der Waals surface area contributed by atoms with Crippen LogP contribution in [0.5, 0.6) is 0 Å². The van der Waals surface area contributed by atoms with E-state index in [1.54, 1.807) is 11.0 Å². The number of ether oxygens (including phenoxy) is 1. The summed E-state index contributed by atoms with van der Waals surface area (Å²) in [6, 6.07) is 8.25. The normalized spacial score (nSPS) is 14.2. The van der Waals surface area contributed by atoms with Gasteiger partial charge in [-0.2, -0.15) is 5.10 Å². The van der Waals surface area contributed by atoms with E-state index in [0.717, 1.165) is 11.3 Å². The molecule has 2 atom stereocenters. The molecule has 2 unspecified atom stereocenters. The molecule has 1 heterocycles. The molecule has 0 spiro atoms. The highest BCUT2D eigenvalue weighted by Gasteiger charge is 2.10. The van der Waals surface area contributed by atoms with Gasteiger partial charge >= 0.3 is 0 Å². The van der Waals surface area contributed by atoms with Gasteiger partial charge in [0, 0.05) is 12.6 Å². The molecule has 0 aliphatic rings. The molecule has 0 bridgehead atoms. The van der Waals surface area contributed by atoms with Crippen LogP contribution in [0.3, 0.4) is 0 Å². The number of aromatic nitrogens is 3. The lowest BCUT2D eigenvalue weighted by Crippen LogP contribution is -2.32. The zero-order chi connectivity index (χ0) is 15.9. The number of nitrogens with zero attached hydrogens (tertiary/aromatic N) is 3. The number of nitrogens with one attached hydrogen (secondary N) is 1. The molecule has 2 aromatic rings. The molecule has 6 nitrogen and oxygen atoms in total. The summed E-state index contributed by atoms with van der Waals surface area (Å²) < 4.78 is 7.11. The molecule has 0 saturated carbocycles. The molecule has 6 heteroatoms. The van der Waals surface area contributed by atoms with Crippen LogP contribution in [0.4, 0.5) is 0 Å². The standard InChI is InChI=1S/C16H24N4O2/c1-12(2)22-9-16(21)8-18-13(3)14-4-6-15(7-5-14)20-11-17-10-19-20/h4-7,10-13,16,18,21H,8-9H2,1-3H3. The van der Waals surface area contributed by atoms with E-state index in [0.29, 0.717) is 13.2 Å². The molecule has 22 heavy (non-hydrogen) atoms. The molecular weight excluding hydrogens is 280 g/mol. The fourth-order valence-electron chi connectivity index (χ4n) is 2.05. The van der Waals surface area contributed by atoms with Crippen molar-refractivity contribution in [2.75, 3.05) is 13.2 Å². The molecule has 0 saturated heterocycles. The number of aliphatic hydroxyl groups is 1. The van der Waals surface area contributed by atoms with Crippen LogP contribution >= 0.6 is 0 Å². The highest BCUT2D eigenvalue weighted by molar-refractivity contribution is 5.34. The third kappa shape index (κ3) is 4.91. The molecule has 1 aromatic heterocycles. The van der Waals surface area contributed by atoms with E-state index in [2.05, 4.69) is 22.3 Å². The number of hydrogen-bond acceptors (Lipinski definition) is 5. The lowest BCUT2D eigenvalue weighted by molar-refractivity contribution is 0.00560. The Morgan fingerprint density at radius 2 is 1.95 bits per heavy atom. The predicted molar refractivity (Wildman–Crippen MR) is 84.9 cm³/mol. The van der Waals surface area contributed by atoms with Crippen molar-refractivity contribution in [2.45, 2.75) is 39.0 Å².